The predicted molar refractivity (Wildman–Crippen MR) is 89.1 cm³/mol. The summed E-state index contributed by atoms with van der Waals surface area (Å²) >= 11 is 0.395. The second kappa shape index (κ2) is 7.51. The van der Waals surface area contributed by atoms with Crippen LogP contribution < -0.4 is 9.47 Å². The summed E-state index contributed by atoms with van der Waals surface area (Å²) in [7, 11) is 0. The quantitative estimate of drug-likeness (QED) is 0.483. The number of halogens is 5. The maximum atomic E-state index is 14.2. The smallest absolute Gasteiger partial charge is 0.425 e. The number of nitrogens with zero attached hydrogens (tertiary/aromatic N) is 1. The van der Waals surface area contributed by atoms with Crippen molar-refractivity contribution in [1.82, 2.24) is 4.98 Å². The van der Waals surface area contributed by atoms with Crippen LogP contribution in [0, 0.1) is 18.6 Å². The van der Waals surface area contributed by atoms with Gasteiger partial charge >= 0.3 is 6.18 Å². The lowest BCUT2D eigenvalue weighted by atomic mass is 10.2. The molecule has 142 valence electrons. The molecule has 0 radical (unpaired) electrons. The van der Waals surface area contributed by atoms with Crippen LogP contribution in [-0.2, 0) is 12.8 Å². The molecule has 0 aliphatic heterocycles. The first-order chi connectivity index (χ1) is 12.8. The average molecular weight is 401 g/mol. The van der Waals surface area contributed by atoms with Crippen molar-refractivity contribution in [2.75, 3.05) is 0 Å². The average Bonchev–Trinajstić information content (AvgIpc) is 3.11. The molecule has 0 fully saturated rings. The normalized spacial score (nSPS) is 11.5. The molecule has 2 aromatic heterocycles. The lowest BCUT2D eigenvalue weighted by Gasteiger charge is -2.12. The molecule has 0 N–H and O–H groups in total. The van der Waals surface area contributed by atoms with E-state index in [4.69, 9.17) is 9.47 Å². The lowest BCUT2D eigenvalue weighted by Crippen LogP contribution is -2.05. The highest BCUT2D eigenvalue weighted by molar-refractivity contribution is 7.10. The predicted octanol–water partition coefficient (Wildman–Crippen LogP) is 6.12. The second-order valence-electron chi connectivity index (χ2n) is 5.50. The van der Waals surface area contributed by atoms with E-state index in [1.807, 2.05) is 0 Å². The van der Waals surface area contributed by atoms with E-state index in [2.05, 4.69) is 4.98 Å². The van der Waals surface area contributed by atoms with E-state index in [-0.39, 0.29) is 12.4 Å². The van der Waals surface area contributed by atoms with Crippen LogP contribution in [0.5, 0.6) is 17.5 Å². The summed E-state index contributed by atoms with van der Waals surface area (Å²) < 4.78 is 76.8. The molecule has 0 saturated heterocycles. The third kappa shape index (κ3) is 4.36. The van der Waals surface area contributed by atoms with Gasteiger partial charge < -0.3 is 9.47 Å². The summed E-state index contributed by atoms with van der Waals surface area (Å²) in [5.41, 5.74) is 0.324. The van der Waals surface area contributed by atoms with Gasteiger partial charge in [0, 0.05) is 17.0 Å². The summed E-state index contributed by atoms with van der Waals surface area (Å²) in [4.78, 5) is 2.74. The first kappa shape index (κ1) is 19.1. The van der Waals surface area contributed by atoms with Crippen molar-refractivity contribution in [1.29, 1.82) is 0 Å². The van der Waals surface area contributed by atoms with E-state index in [0.717, 1.165) is 23.9 Å². The van der Waals surface area contributed by atoms with Gasteiger partial charge in [0.15, 0.2) is 11.6 Å². The topological polar surface area (TPSA) is 31.4 Å². The first-order valence-electron chi connectivity index (χ1n) is 7.61. The highest BCUT2D eigenvalue weighted by Crippen LogP contribution is 2.38. The Morgan fingerprint density at radius 3 is 2.33 bits per heavy atom. The molecule has 2 heterocycles. The number of thiophene rings is 1. The zero-order valence-corrected chi connectivity index (χ0v) is 14.6. The van der Waals surface area contributed by atoms with Gasteiger partial charge in [-0.3, -0.25) is 0 Å². The Bertz CT molecular complexity index is 941. The van der Waals surface area contributed by atoms with Gasteiger partial charge in [-0.1, -0.05) is 30.3 Å². The minimum Gasteiger partial charge on any atom is -0.471 e. The van der Waals surface area contributed by atoms with Crippen molar-refractivity contribution < 1.29 is 31.4 Å². The fraction of sp³-hybridized carbons (Fsp3) is 0.167. The van der Waals surface area contributed by atoms with Gasteiger partial charge in [0.25, 0.3) is 11.8 Å². The first-order valence-corrected chi connectivity index (χ1v) is 8.49. The zero-order chi connectivity index (χ0) is 19.6. The third-order valence-electron chi connectivity index (χ3n) is 3.52. The summed E-state index contributed by atoms with van der Waals surface area (Å²) in [6.45, 7) is 1.13. The molecule has 3 aromatic rings. The number of pyridine rings is 1. The van der Waals surface area contributed by atoms with Crippen LogP contribution in [0.15, 0.2) is 41.8 Å². The van der Waals surface area contributed by atoms with Gasteiger partial charge in [0.2, 0.25) is 0 Å². The van der Waals surface area contributed by atoms with Gasteiger partial charge in [0.05, 0.1) is 0 Å². The van der Waals surface area contributed by atoms with Crippen LogP contribution in [0.25, 0.3) is 0 Å². The molecule has 3 nitrogen and oxygen atoms in total. The van der Waals surface area contributed by atoms with Gasteiger partial charge in [-0.15, -0.1) is 11.3 Å². The van der Waals surface area contributed by atoms with Crippen LogP contribution in [0.3, 0.4) is 0 Å². The molecular formula is C18H12F5NO2S. The monoisotopic (exact) mass is 401 g/mol. The highest BCUT2D eigenvalue weighted by Gasteiger charge is 2.33. The van der Waals surface area contributed by atoms with Crippen molar-refractivity contribution in [2.45, 2.75) is 19.7 Å². The van der Waals surface area contributed by atoms with E-state index >= 15 is 0 Å². The summed E-state index contributed by atoms with van der Waals surface area (Å²) in [6, 6.07) is 9.54. The minimum atomic E-state index is -4.54. The van der Waals surface area contributed by atoms with Crippen molar-refractivity contribution >= 4 is 11.3 Å². The van der Waals surface area contributed by atoms with Crippen molar-refractivity contribution in [3.8, 4) is 17.5 Å². The molecule has 0 aliphatic carbocycles. The Balaban J connectivity index is 1.85. The molecule has 0 amide bonds. The fourth-order valence-corrected chi connectivity index (χ4v) is 2.81. The molecule has 0 spiro atoms. The Morgan fingerprint density at radius 2 is 1.70 bits per heavy atom. The number of rotatable bonds is 5. The summed E-state index contributed by atoms with van der Waals surface area (Å²) in [5, 5.41) is 1.06. The van der Waals surface area contributed by atoms with E-state index in [0.29, 0.717) is 11.3 Å². The maximum absolute atomic E-state index is 14.2. The van der Waals surface area contributed by atoms with Crippen LogP contribution in [0.2, 0.25) is 0 Å². The van der Waals surface area contributed by atoms with E-state index in [9.17, 15) is 22.0 Å². The maximum Gasteiger partial charge on any atom is 0.425 e. The summed E-state index contributed by atoms with van der Waals surface area (Å²) in [6.07, 6.45) is -4.54. The van der Waals surface area contributed by atoms with Gasteiger partial charge in [0.1, 0.15) is 17.2 Å². The highest BCUT2D eigenvalue weighted by atomic mass is 32.1. The molecule has 1 aromatic carbocycles. The Morgan fingerprint density at radius 1 is 1.04 bits per heavy atom. The number of hydrogen-bond acceptors (Lipinski definition) is 4. The van der Waals surface area contributed by atoms with Crippen molar-refractivity contribution in [2.24, 2.45) is 0 Å². The Hall–Kier alpha value is -2.68. The van der Waals surface area contributed by atoms with Crippen molar-refractivity contribution in [3.63, 3.8) is 0 Å². The molecule has 27 heavy (non-hydrogen) atoms. The number of benzene rings is 1. The molecule has 0 bridgehead atoms. The van der Waals surface area contributed by atoms with E-state index in [1.165, 1.54) is 0 Å². The van der Waals surface area contributed by atoms with E-state index < -0.39 is 40.0 Å². The van der Waals surface area contributed by atoms with Crippen LogP contribution in [0.1, 0.15) is 16.0 Å². The second-order valence-corrected chi connectivity index (χ2v) is 6.41. The van der Waals surface area contributed by atoms with Gasteiger partial charge in [-0.25, -0.2) is 8.78 Å². The molecule has 0 unspecified atom stereocenters. The molecule has 3 rings (SSSR count). The number of hydrogen-bond donors (Lipinski definition) is 0. The van der Waals surface area contributed by atoms with Crippen LogP contribution >= 0.6 is 11.3 Å². The fourth-order valence-electron chi connectivity index (χ4n) is 2.13. The lowest BCUT2D eigenvalue weighted by molar-refractivity contribution is -0.134. The zero-order valence-electron chi connectivity index (χ0n) is 13.8. The van der Waals surface area contributed by atoms with Gasteiger partial charge in [-0.05, 0) is 12.5 Å². The number of alkyl halides is 3. The molecular weight excluding hydrogens is 389 g/mol. The standard InChI is InChI=1S/C18H12F5NO2S/c1-10-14(19)16(25-8-11-5-3-2-4-6-11)24-17(15(10)20)26-12-7-13(27-9-12)18(21,22)23/h2-7,9H,8H2,1H3. The van der Waals surface area contributed by atoms with Crippen LogP contribution in [-0.4, -0.2) is 4.98 Å². The SMILES string of the molecule is Cc1c(F)c(OCc2ccccc2)nc(Oc2csc(C(F)(F)F)c2)c1F. The third-order valence-corrected chi connectivity index (χ3v) is 4.48. The Labute approximate surface area is 155 Å². The summed E-state index contributed by atoms with van der Waals surface area (Å²) in [5.74, 6) is -3.53. The minimum absolute atomic E-state index is 0.0219. The number of aromatic nitrogens is 1. The number of ether oxygens (including phenoxy) is 2. The van der Waals surface area contributed by atoms with Crippen molar-refractivity contribution in [3.05, 3.63) is 69.4 Å². The molecule has 0 saturated carbocycles. The van der Waals surface area contributed by atoms with E-state index in [1.54, 1.807) is 30.3 Å². The molecule has 0 atom stereocenters. The molecule has 9 heteroatoms. The van der Waals surface area contributed by atoms with Crippen LogP contribution in [0.4, 0.5) is 22.0 Å². The largest absolute Gasteiger partial charge is 0.471 e. The molecule has 0 aliphatic rings. The Kier molecular flexibility index (Phi) is 5.31. The van der Waals surface area contributed by atoms with Gasteiger partial charge in [-0.2, -0.15) is 18.2 Å².